The van der Waals surface area contributed by atoms with Crippen LogP contribution in [0.1, 0.15) is 10.6 Å². The molecule has 1 saturated heterocycles. The van der Waals surface area contributed by atoms with Gasteiger partial charge in [0, 0.05) is 38.6 Å². The van der Waals surface area contributed by atoms with E-state index in [9.17, 15) is 4.79 Å². The molecule has 7 nitrogen and oxygen atoms in total. The lowest BCUT2D eigenvalue weighted by Crippen LogP contribution is -2.49. The van der Waals surface area contributed by atoms with E-state index in [2.05, 4.69) is 14.9 Å². The molecule has 110 valence electrons. The van der Waals surface area contributed by atoms with Crippen molar-refractivity contribution in [1.82, 2.24) is 14.9 Å². The van der Waals surface area contributed by atoms with Gasteiger partial charge >= 0.3 is 0 Å². The summed E-state index contributed by atoms with van der Waals surface area (Å²) in [5.74, 6) is 1.51. The average Bonchev–Trinajstić information content (AvgIpc) is 3.09. The number of piperazine rings is 1. The summed E-state index contributed by atoms with van der Waals surface area (Å²) in [4.78, 5) is 24.5. The molecule has 0 saturated carbocycles. The van der Waals surface area contributed by atoms with Gasteiger partial charge in [-0.05, 0) is 12.1 Å². The highest BCUT2D eigenvalue weighted by Crippen LogP contribution is 2.23. The molecular formula is C14H16N4O3. The predicted molar refractivity (Wildman–Crippen MR) is 75.4 cm³/mol. The van der Waals surface area contributed by atoms with Gasteiger partial charge in [0.2, 0.25) is 0 Å². The molecule has 0 spiro atoms. The second-order valence-corrected chi connectivity index (χ2v) is 4.65. The van der Waals surface area contributed by atoms with Gasteiger partial charge in [-0.1, -0.05) is 0 Å². The van der Waals surface area contributed by atoms with Gasteiger partial charge in [0.25, 0.3) is 11.8 Å². The number of carbonyl (C=O) groups excluding carboxylic acids is 1. The van der Waals surface area contributed by atoms with Gasteiger partial charge < -0.3 is 19.0 Å². The Morgan fingerprint density at radius 3 is 2.67 bits per heavy atom. The molecular weight excluding hydrogens is 272 g/mol. The zero-order valence-corrected chi connectivity index (χ0v) is 11.7. The molecule has 0 aromatic carbocycles. The second-order valence-electron chi connectivity index (χ2n) is 4.65. The van der Waals surface area contributed by atoms with Crippen molar-refractivity contribution < 1.29 is 13.9 Å². The fraction of sp³-hybridized carbons (Fsp3) is 0.357. The SMILES string of the molecule is COc1nccnc1N1CCN(C(=O)c2ccco2)CC1. The number of nitrogens with zero attached hydrogens (tertiary/aromatic N) is 4. The summed E-state index contributed by atoms with van der Waals surface area (Å²) in [6, 6.07) is 3.40. The standard InChI is InChI=1S/C14H16N4O3/c1-20-13-12(15-4-5-16-13)17-6-8-18(9-7-17)14(19)11-3-2-10-21-11/h2-5,10H,6-9H2,1H3. The van der Waals surface area contributed by atoms with Crippen LogP contribution in [0.3, 0.4) is 0 Å². The highest BCUT2D eigenvalue weighted by Gasteiger charge is 2.25. The third-order valence-corrected chi connectivity index (χ3v) is 3.44. The van der Waals surface area contributed by atoms with E-state index in [-0.39, 0.29) is 5.91 Å². The van der Waals surface area contributed by atoms with E-state index in [1.54, 1.807) is 36.5 Å². The van der Waals surface area contributed by atoms with Gasteiger partial charge in [-0.2, -0.15) is 0 Å². The van der Waals surface area contributed by atoms with Crippen LogP contribution in [0, 0.1) is 0 Å². The van der Waals surface area contributed by atoms with Gasteiger partial charge in [-0.15, -0.1) is 0 Å². The molecule has 0 bridgehead atoms. The monoisotopic (exact) mass is 288 g/mol. The molecule has 21 heavy (non-hydrogen) atoms. The Hall–Kier alpha value is -2.57. The fourth-order valence-corrected chi connectivity index (χ4v) is 2.36. The van der Waals surface area contributed by atoms with E-state index in [4.69, 9.17) is 9.15 Å². The molecule has 2 aromatic rings. The van der Waals surface area contributed by atoms with E-state index in [1.165, 1.54) is 6.26 Å². The molecule has 0 atom stereocenters. The first kappa shape index (κ1) is 13.4. The lowest BCUT2D eigenvalue weighted by Gasteiger charge is -2.35. The summed E-state index contributed by atoms with van der Waals surface area (Å²) >= 11 is 0. The van der Waals surface area contributed by atoms with Crippen LogP contribution < -0.4 is 9.64 Å². The Labute approximate surface area is 122 Å². The summed E-state index contributed by atoms with van der Waals surface area (Å²) in [7, 11) is 1.57. The van der Waals surface area contributed by atoms with E-state index in [0.717, 1.165) is 0 Å². The minimum absolute atomic E-state index is 0.0780. The lowest BCUT2D eigenvalue weighted by atomic mass is 10.3. The minimum Gasteiger partial charge on any atom is -0.478 e. The van der Waals surface area contributed by atoms with Crippen LogP contribution in [-0.4, -0.2) is 54.1 Å². The number of ether oxygens (including phenoxy) is 1. The molecule has 1 amide bonds. The Kier molecular flexibility index (Phi) is 3.72. The molecule has 0 unspecified atom stereocenters. The van der Waals surface area contributed by atoms with Gasteiger partial charge in [-0.25, -0.2) is 9.97 Å². The number of methoxy groups -OCH3 is 1. The first-order valence-electron chi connectivity index (χ1n) is 6.72. The Morgan fingerprint density at radius 2 is 2.00 bits per heavy atom. The van der Waals surface area contributed by atoms with Crippen LogP contribution in [0.2, 0.25) is 0 Å². The van der Waals surface area contributed by atoms with Crippen LogP contribution in [0.5, 0.6) is 5.88 Å². The number of hydrogen-bond acceptors (Lipinski definition) is 6. The molecule has 1 fully saturated rings. The quantitative estimate of drug-likeness (QED) is 0.840. The molecule has 3 heterocycles. The Balaban J connectivity index is 1.66. The highest BCUT2D eigenvalue weighted by molar-refractivity contribution is 5.91. The van der Waals surface area contributed by atoms with Crippen LogP contribution >= 0.6 is 0 Å². The number of hydrogen-bond donors (Lipinski definition) is 0. The van der Waals surface area contributed by atoms with Gasteiger partial charge in [0.05, 0.1) is 13.4 Å². The maximum Gasteiger partial charge on any atom is 0.289 e. The van der Waals surface area contributed by atoms with Crippen molar-refractivity contribution in [3.05, 3.63) is 36.5 Å². The van der Waals surface area contributed by atoms with Gasteiger partial charge in [0.15, 0.2) is 11.6 Å². The molecule has 1 aliphatic heterocycles. The topological polar surface area (TPSA) is 71.7 Å². The highest BCUT2D eigenvalue weighted by atomic mass is 16.5. The summed E-state index contributed by atoms with van der Waals surface area (Å²) < 4.78 is 10.4. The van der Waals surface area contributed by atoms with Crippen LogP contribution in [0.15, 0.2) is 35.2 Å². The second kappa shape index (κ2) is 5.82. The average molecular weight is 288 g/mol. The molecule has 0 aliphatic carbocycles. The van der Waals surface area contributed by atoms with Crippen molar-refractivity contribution in [1.29, 1.82) is 0 Å². The fourth-order valence-electron chi connectivity index (χ4n) is 2.36. The normalized spacial score (nSPS) is 15.1. The van der Waals surface area contributed by atoms with E-state index >= 15 is 0 Å². The van der Waals surface area contributed by atoms with Crippen molar-refractivity contribution in [2.24, 2.45) is 0 Å². The van der Waals surface area contributed by atoms with Crippen molar-refractivity contribution in [2.75, 3.05) is 38.2 Å². The van der Waals surface area contributed by atoms with E-state index in [0.29, 0.717) is 43.6 Å². The molecule has 0 radical (unpaired) electrons. The predicted octanol–water partition coefficient (Wildman–Crippen LogP) is 1.04. The summed E-state index contributed by atoms with van der Waals surface area (Å²) in [5, 5.41) is 0. The first-order valence-corrected chi connectivity index (χ1v) is 6.72. The van der Waals surface area contributed by atoms with E-state index in [1.807, 2.05) is 0 Å². The van der Waals surface area contributed by atoms with Crippen molar-refractivity contribution in [3.8, 4) is 5.88 Å². The first-order chi connectivity index (χ1) is 10.3. The minimum atomic E-state index is -0.0780. The number of amides is 1. The van der Waals surface area contributed by atoms with Crippen LogP contribution in [0.4, 0.5) is 5.82 Å². The lowest BCUT2D eigenvalue weighted by molar-refractivity contribution is 0.0714. The van der Waals surface area contributed by atoms with Crippen molar-refractivity contribution >= 4 is 11.7 Å². The molecule has 1 aliphatic rings. The summed E-state index contributed by atoms with van der Waals surface area (Å²) in [5.41, 5.74) is 0. The molecule has 2 aromatic heterocycles. The van der Waals surface area contributed by atoms with Crippen molar-refractivity contribution in [3.63, 3.8) is 0 Å². The van der Waals surface area contributed by atoms with Crippen molar-refractivity contribution in [2.45, 2.75) is 0 Å². The third-order valence-electron chi connectivity index (χ3n) is 3.44. The number of furan rings is 1. The van der Waals surface area contributed by atoms with Crippen LogP contribution in [0.25, 0.3) is 0 Å². The van der Waals surface area contributed by atoms with Crippen LogP contribution in [-0.2, 0) is 0 Å². The van der Waals surface area contributed by atoms with E-state index < -0.39 is 0 Å². The largest absolute Gasteiger partial charge is 0.478 e. The zero-order valence-electron chi connectivity index (χ0n) is 11.7. The number of rotatable bonds is 3. The van der Waals surface area contributed by atoms with Gasteiger partial charge in [-0.3, -0.25) is 4.79 Å². The molecule has 3 rings (SSSR count). The maximum absolute atomic E-state index is 12.2. The summed E-state index contributed by atoms with van der Waals surface area (Å²) in [6.45, 7) is 2.58. The Bertz CT molecular complexity index is 606. The summed E-state index contributed by atoms with van der Waals surface area (Å²) in [6.07, 6.45) is 4.74. The third kappa shape index (κ3) is 2.67. The molecule has 7 heteroatoms. The molecule has 0 N–H and O–H groups in total. The number of carbonyl (C=O) groups is 1. The smallest absolute Gasteiger partial charge is 0.289 e. The maximum atomic E-state index is 12.2. The Morgan fingerprint density at radius 1 is 1.24 bits per heavy atom. The number of aromatic nitrogens is 2. The van der Waals surface area contributed by atoms with Gasteiger partial charge in [0.1, 0.15) is 0 Å². The zero-order chi connectivity index (χ0) is 14.7. The number of anilines is 1.